The Morgan fingerprint density at radius 3 is 2.71 bits per heavy atom. The second-order valence-electron chi connectivity index (χ2n) is 2.89. The minimum absolute atomic E-state index is 0.653. The van der Waals surface area contributed by atoms with E-state index < -0.39 is 0 Å². The number of hydrogen-bond acceptors (Lipinski definition) is 5. The molecule has 2 rings (SSSR count). The SMILES string of the molecule is Cn1cc(N)c(Sc2nncn2C)n1. The summed E-state index contributed by atoms with van der Waals surface area (Å²) in [6, 6.07) is 0. The molecule has 0 unspecified atom stereocenters. The van der Waals surface area contributed by atoms with Gasteiger partial charge in [-0.2, -0.15) is 5.10 Å². The first-order valence-corrected chi connectivity index (χ1v) is 4.79. The minimum Gasteiger partial charge on any atom is -0.395 e. The van der Waals surface area contributed by atoms with Crippen LogP contribution < -0.4 is 5.73 Å². The molecule has 2 aromatic heterocycles. The Bertz CT molecular complexity index is 445. The molecule has 7 heteroatoms. The van der Waals surface area contributed by atoms with Crippen molar-refractivity contribution in [3.05, 3.63) is 12.5 Å². The van der Waals surface area contributed by atoms with E-state index in [0.29, 0.717) is 5.69 Å². The molecule has 0 atom stereocenters. The van der Waals surface area contributed by atoms with E-state index >= 15 is 0 Å². The second-order valence-corrected chi connectivity index (χ2v) is 3.85. The van der Waals surface area contributed by atoms with E-state index in [1.165, 1.54) is 11.8 Å². The van der Waals surface area contributed by atoms with Crippen molar-refractivity contribution in [2.24, 2.45) is 14.1 Å². The van der Waals surface area contributed by atoms with Gasteiger partial charge in [-0.25, -0.2) is 0 Å². The highest BCUT2D eigenvalue weighted by atomic mass is 32.2. The van der Waals surface area contributed by atoms with E-state index in [0.717, 1.165) is 10.2 Å². The van der Waals surface area contributed by atoms with Gasteiger partial charge in [0.05, 0.1) is 5.69 Å². The van der Waals surface area contributed by atoms with Crippen LogP contribution in [0.2, 0.25) is 0 Å². The van der Waals surface area contributed by atoms with Crippen molar-refractivity contribution < 1.29 is 0 Å². The highest BCUT2D eigenvalue weighted by molar-refractivity contribution is 7.99. The van der Waals surface area contributed by atoms with Gasteiger partial charge in [-0.15, -0.1) is 10.2 Å². The summed E-state index contributed by atoms with van der Waals surface area (Å²) in [4.78, 5) is 0. The smallest absolute Gasteiger partial charge is 0.197 e. The molecule has 0 aliphatic heterocycles. The van der Waals surface area contributed by atoms with E-state index in [4.69, 9.17) is 5.73 Å². The fourth-order valence-corrected chi connectivity index (χ4v) is 1.81. The van der Waals surface area contributed by atoms with Crippen LogP contribution in [0.1, 0.15) is 0 Å². The Hall–Kier alpha value is -1.50. The first-order chi connectivity index (χ1) is 6.66. The van der Waals surface area contributed by atoms with Gasteiger partial charge >= 0.3 is 0 Å². The third-order valence-electron chi connectivity index (χ3n) is 1.68. The van der Waals surface area contributed by atoms with Crippen LogP contribution in [0, 0.1) is 0 Å². The van der Waals surface area contributed by atoms with Crippen molar-refractivity contribution >= 4 is 17.4 Å². The van der Waals surface area contributed by atoms with Gasteiger partial charge in [-0.3, -0.25) is 4.68 Å². The molecule has 0 aliphatic carbocycles. The lowest BCUT2D eigenvalue weighted by Gasteiger charge is -1.96. The molecule has 2 N–H and O–H groups in total. The largest absolute Gasteiger partial charge is 0.395 e. The van der Waals surface area contributed by atoms with Crippen LogP contribution in [0.15, 0.2) is 22.7 Å². The number of rotatable bonds is 2. The Morgan fingerprint density at radius 1 is 1.43 bits per heavy atom. The fourth-order valence-electron chi connectivity index (χ4n) is 1.02. The van der Waals surface area contributed by atoms with Crippen molar-refractivity contribution in [1.82, 2.24) is 24.5 Å². The van der Waals surface area contributed by atoms with Crippen LogP contribution >= 0.6 is 11.8 Å². The van der Waals surface area contributed by atoms with Gasteiger partial charge in [0.2, 0.25) is 0 Å². The Balaban J connectivity index is 2.27. The lowest BCUT2D eigenvalue weighted by molar-refractivity contribution is 0.734. The number of nitrogens with zero attached hydrogens (tertiary/aromatic N) is 5. The molecule has 0 saturated carbocycles. The van der Waals surface area contributed by atoms with Crippen molar-refractivity contribution in [1.29, 1.82) is 0 Å². The first-order valence-electron chi connectivity index (χ1n) is 3.98. The normalized spacial score (nSPS) is 10.7. The standard InChI is InChI=1S/C7H10N6S/c1-12-4-9-10-7(12)14-6-5(8)3-13(2)11-6/h3-4H,8H2,1-2H3. The van der Waals surface area contributed by atoms with Gasteiger partial charge in [0.15, 0.2) is 5.16 Å². The Labute approximate surface area is 85.1 Å². The highest BCUT2D eigenvalue weighted by Crippen LogP contribution is 2.28. The Kier molecular flexibility index (Phi) is 2.16. The van der Waals surface area contributed by atoms with E-state index in [-0.39, 0.29) is 0 Å². The van der Waals surface area contributed by atoms with E-state index in [9.17, 15) is 0 Å². The van der Waals surface area contributed by atoms with Crippen LogP contribution in [0.25, 0.3) is 0 Å². The van der Waals surface area contributed by atoms with Crippen LogP contribution in [-0.2, 0) is 14.1 Å². The van der Waals surface area contributed by atoms with Crippen LogP contribution in [0.5, 0.6) is 0 Å². The zero-order chi connectivity index (χ0) is 10.1. The number of nitrogen functional groups attached to an aromatic ring is 1. The van der Waals surface area contributed by atoms with Crippen molar-refractivity contribution in [3.63, 3.8) is 0 Å². The van der Waals surface area contributed by atoms with Crippen LogP contribution in [0.4, 0.5) is 5.69 Å². The average Bonchev–Trinajstić information content (AvgIpc) is 2.62. The summed E-state index contributed by atoms with van der Waals surface area (Å²) < 4.78 is 3.49. The second kappa shape index (κ2) is 3.33. The third-order valence-corrected chi connectivity index (χ3v) is 2.74. The van der Waals surface area contributed by atoms with Gasteiger partial charge in [0.1, 0.15) is 11.4 Å². The van der Waals surface area contributed by atoms with Gasteiger partial charge in [-0.1, -0.05) is 0 Å². The molecular formula is C7H10N6S. The highest BCUT2D eigenvalue weighted by Gasteiger charge is 2.09. The average molecular weight is 210 g/mol. The molecule has 0 bridgehead atoms. The quantitative estimate of drug-likeness (QED) is 0.770. The topological polar surface area (TPSA) is 74.6 Å². The first kappa shape index (κ1) is 9.07. The number of nitrogens with two attached hydrogens (primary N) is 1. The molecule has 74 valence electrons. The molecule has 0 radical (unpaired) electrons. The number of aryl methyl sites for hydroxylation is 2. The van der Waals surface area contributed by atoms with Crippen LogP contribution in [0.3, 0.4) is 0 Å². The van der Waals surface area contributed by atoms with Gasteiger partial charge in [0.25, 0.3) is 0 Å². The van der Waals surface area contributed by atoms with Crippen LogP contribution in [-0.4, -0.2) is 24.5 Å². The maximum absolute atomic E-state index is 5.75. The van der Waals surface area contributed by atoms with Gasteiger partial charge in [-0.05, 0) is 11.8 Å². The van der Waals surface area contributed by atoms with Gasteiger partial charge in [0, 0.05) is 20.3 Å². The van der Waals surface area contributed by atoms with E-state index in [1.54, 1.807) is 17.2 Å². The lowest BCUT2D eigenvalue weighted by Crippen LogP contribution is -1.91. The minimum atomic E-state index is 0.653. The van der Waals surface area contributed by atoms with E-state index in [2.05, 4.69) is 15.3 Å². The number of anilines is 1. The monoisotopic (exact) mass is 210 g/mol. The molecule has 2 heterocycles. The Morgan fingerprint density at radius 2 is 2.21 bits per heavy atom. The van der Waals surface area contributed by atoms with Gasteiger partial charge < -0.3 is 10.3 Å². The molecule has 0 spiro atoms. The number of aromatic nitrogens is 5. The predicted molar refractivity (Wildman–Crippen MR) is 52.7 cm³/mol. The lowest BCUT2D eigenvalue weighted by atomic mass is 10.6. The molecule has 0 saturated heterocycles. The molecule has 0 fully saturated rings. The summed E-state index contributed by atoms with van der Waals surface area (Å²) >= 11 is 1.40. The predicted octanol–water partition coefficient (Wildman–Crippen LogP) is 0.282. The summed E-state index contributed by atoms with van der Waals surface area (Å²) in [5.74, 6) is 0. The molecule has 0 amide bonds. The maximum Gasteiger partial charge on any atom is 0.197 e. The summed E-state index contributed by atoms with van der Waals surface area (Å²) in [6.45, 7) is 0. The summed E-state index contributed by atoms with van der Waals surface area (Å²) in [5.41, 5.74) is 6.40. The molecule has 2 aromatic rings. The summed E-state index contributed by atoms with van der Waals surface area (Å²) in [7, 11) is 3.71. The number of hydrogen-bond donors (Lipinski definition) is 1. The maximum atomic E-state index is 5.75. The van der Waals surface area contributed by atoms with E-state index in [1.807, 2.05) is 18.7 Å². The molecule has 14 heavy (non-hydrogen) atoms. The third kappa shape index (κ3) is 1.58. The zero-order valence-electron chi connectivity index (χ0n) is 7.88. The van der Waals surface area contributed by atoms with Crippen molar-refractivity contribution in [2.45, 2.75) is 10.2 Å². The molecular weight excluding hydrogens is 200 g/mol. The molecule has 0 aliphatic rings. The fraction of sp³-hybridized carbons (Fsp3) is 0.286. The summed E-state index contributed by atoms with van der Waals surface area (Å²) in [6.07, 6.45) is 3.40. The molecule has 0 aromatic carbocycles. The van der Waals surface area contributed by atoms with Crippen molar-refractivity contribution in [3.8, 4) is 0 Å². The van der Waals surface area contributed by atoms with Crippen molar-refractivity contribution in [2.75, 3.05) is 5.73 Å². The zero-order valence-corrected chi connectivity index (χ0v) is 8.69. The summed E-state index contributed by atoms with van der Waals surface area (Å²) in [5, 5.41) is 13.4. The molecule has 6 nitrogen and oxygen atoms in total.